The first-order valence-electron chi connectivity index (χ1n) is 5.03. The van der Waals surface area contributed by atoms with Crippen molar-refractivity contribution in [1.29, 1.82) is 5.26 Å². The van der Waals surface area contributed by atoms with Crippen LogP contribution in [0.1, 0.15) is 19.4 Å². The van der Waals surface area contributed by atoms with Crippen molar-refractivity contribution < 1.29 is 8.42 Å². The van der Waals surface area contributed by atoms with E-state index >= 15 is 0 Å². The number of nitrogens with two attached hydrogens (primary N) is 1. The number of nitriles is 1. The number of sulfonamides is 1. The lowest BCUT2D eigenvalue weighted by Crippen LogP contribution is -2.36. The van der Waals surface area contributed by atoms with Gasteiger partial charge in [0.1, 0.15) is 5.54 Å². The molecular weight excluding hydrogens is 238 g/mol. The largest absolute Gasteiger partial charge is 0.296 e. The molecule has 0 atom stereocenters. The highest BCUT2D eigenvalue weighted by molar-refractivity contribution is 7.89. The second-order valence-electron chi connectivity index (χ2n) is 4.28. The van der Waals surface area contributed by atoms with E-state index in [1.165, 1.54) is 12.1 Å². The monoisotopic (exact) mass is 253 g/mol. The summed E-state index contributed by atoms with van der Waals surface area (Å²) in [5, 5.41) is 16.8. The van der Waals surface area contributed by atoms with E-state index in [0.29, 0.717) is 6.54 Å². The zero-order valence-electron chi connectivity index (χ0n) is 9.77. The highest BCUT2D eigenvalue weighted by Gasteiger charge is 2.15. The standard InChI is InChI=1S/C11H15N3O2S/c1-11(2,8-12)14-7-9-3-5-10(6-4-9)17(13,15)16/h3-6,14H,7H2,1-2H3,(H2,13,15,16). The third kappa shape index (κ3) is 4.15. The van der Waals surface area contributed by atoms with Crippen molar-refractivity contribution in [3.63, 3.8) is 0 Å². The molecule has 0 spiro atoms. The van der Waals surface area contributed by atoms with Crippen LogP contribution in [0.15, 0.2) is 29.2 Å². The summed E-state index contributed by atoms with van der Waals surface area (Å²) >= 11 is 0. The second kappa shape index (κ2) is 4.84. The minimum atomic E-state index is -3.64. The van der Waals surface area contributed by atoms with Crippen LogP contribution in [0.25, 0.3) is 0 Å². The molecule has 0 aliphatic heterocycles. The van der Waals surface area contributed by atoms with Gasteiger partial charge in [0, 0.05) is 6.54 Å². The number of hydrogen-bond donors (Lipinski definition) is 2. The van der Waals surface area contributed by atoms with E-state index in [4.69, 9.17) is 10.4 Å². The number of benzene rings is 1. The number of rotatable bonds is 4. The summed E-state index contributed by atoms with van der Waals surface area (Å²) in [5.74, 6) is 0. The van der Waals surface area contributed by atoms with E-state index < -0.39 is 15.6 Å². The lowest BCUT2D eigenvalue weighted by molar-refractivity contribution is 0.485. The maximum Gasteiger partial charge on any atom is 0.238 e. The molecule has 3 N–H and O–H groups in total. The third-order valence-corrected chi connectivity index (χ3v) is 3.20. The quantitative estimate of drug-likeness (QED) is 0.826. The Morgan fingerprint density at radius 2 is 1.88 bits per heavy atom. The molecule has 1 rings (SSSR count). The first-order valence-corrected chi connectivity index (χ1v) is 6.57. The molecule has 0 aliphatic carbocycles. The SMILES string of the molecule is CC(C)(C#N)NCc1ccc(S(N)(=O)=O)cc1. The van der Waals surface area contributed by atoms with Gasteiger partial charge in [-0.3, -0.25) is 5.32 Å². The summed E-state index contributed by atoms with van der Waals surface area (Å²) in [6.07, 6.45) is 0. The maximum absolute atomic E-state index is 11.0. The van der Waals surface area contributed by atoms with Gasteiger partial charge in [-0.2, -0.15) is 5.26 Å². The second-order valence-corrected chi connectivity index (χ2v) is 5.84. The number of nitrogens with zero attached hydrogens (tertiary/aromatic N) is 1. The van der Waals surface area contributed by atoms with Crippen molar-refractivity contribution in [3.05, 3.63) is 29.8 Å². The molecule has 0 unspecified atom stereocenters. The Labute approximate surface area is 101 Å². The lowest BCUT2D eigenvalue weighted by Gasteiger charge is -2.17. The summed E-state index contributed by atoms with van der Waals surface area (Å²) in [4.78, 5) is 0.0841. The van der Waals surface area contributed by atoms with Crippen molar-refractivity contribution in [3.8, 4) is 6.07 Å². The van der Waals surface area contributed by atoms with Crippen molar-refractivity contribution in [2.24, 2.45) is 5.14 Å². The minimum absolute atomic E-state index is 0.0841. The van der Waals surface area contributed by atoms with E-state index in [0.717, 1.165) is 5.56 Å². The third-order valence-electron chi connectivity index (χ3n) is 2.27. The van der Waals surface area contributed by atoms with Gasteiger partial charge >= 0.3 is 0 Å². The van der Waals surface area contributed by atoms with Gasteiger partial charge < -0.3 is 0 Å². The van der Waals surface area contributed by atoms with Crippen LogP contribution in [-0.2, 0) is 16.6 Å². The topological polar surface area (TPSA) is 96.0 Å². The molecule has 6 heteroatoms. The first kappa shape index (κ1) is 13.6. The molecule has 1 aromatic rings. The van der Waals surface area contributed by atoms with Crippen LogP contribution in [0, 0.1) is 11.3 Å². The van der Waals surface area contributed by atoms with Crippen LogP contribution in [0.5, 0.6) is 0 Å². The summed E-state index contributed by atoms with van der Waals surface area (Å²) in [6, 6.07) is 8.35. The van der Waals surface area contributed by atoms with Crippen molar-refractivity contribution >= 4 is 10.0 Å². The molecule has 0 fully saturated rings. The molecule has 1 aromatic carbocycles. The molecule has 17 heavy (non-hydrogen) atoms. The number of primary sulfonamides is 1. The predicted molar refractivity (Wildman–Crippen MR) is 64.3 cm³/mol. The van der Waals surface area contributed by atoms with E-state index in [1.54, 1.807) is 26.0 Å². The number of nitrogens with one attached hydrogen (secondary N) is 1. The van der Waals surface area contributed by atoms with Crippen molar-refractivity contribution in [2.45, 2.75) is 30.8 Å². The van der Waals surface area contributed by atoms with Crippen molar-refractivity contribution in [1.82, 2.24) is 5.32 Å². The molecule has 0 aromatic heterocycles. The Balaban J connectivity index is 2.74. The van der Waals surface area contributed by atoms with Crippen LogP contribution >= 0.6 is 0 Å². The van der Waals surface area contributed by atoms with Crippen molar-refractivity contribution in [2.75, 3.05) is 0 Å². The van der Waals surface area contributed by atoms with Gasteiger partial charge in [0.05, 0.1) is 11.0 Å². The highest BCUT2D eigenvalue weighted by Crippen LogP contribution is 2.09. The van der Waals surface area contributed by atoms with Gasteiger partial charge in [-0.25, -0.2) is 13.6 Å². The van der Waals surface area contributed by atoms with Gasteiger partial charge in [0.15, 0.2) is 0 Å². The van der Waals surface area contributed by atoms with Crippen LogP contribution in [0.4, 0.5) is 0 Å². The molecule has 0 saturated heterocycles. The van der Waals surface area contributed by atoms with Crippen LogP contribution in [0.2, 0.25) is 0 Å². The average molecular weight is 253 g/mol. The first-order chi connectivity index (χ1) is 7.74. The van der Waals surface area contributed by atoms with E-state index in [2.05, 4.69) is 11.4 Å². The molecular formula is C11H15N3O2S. The zero-order valence-corrected chi connectivity index (χ0v) is 10.6. The summed E-state index contributed by atoms with van der Waals surface area (Å²) in [6.45, 7) is 4.03. The lowest BCUT2D eigenvalue weighted by atomic mass is 10.1. The number of hydrogen-bond acceptors (Lipinski definition) is 4. The smallest absolute Gasteiger partial charge is 0.238 e. The van der Waals surface area contributed by atoms with Crippen LogP contribution < -0.4 is 10.5 Å². The van der Waals surface area contributed by atoms with Gasteiger partial charge in [-0.15, -0.1) is 0 Å². The van der Waals surface area contributed by atoms with E-state index in [9.17, 15) is 8.42 Å². The van der Waals surface area contributed by atoms with Gasteiger partial charge in [0.2, 0.25) is 10.0 Å². The normalized spacial score (nSPS) is 12.1. The zero-order chi connectivity index (χ0) is 13.1. The Hall–Kier alpha value is -1.42. The van der Waals surface area contributed by atoms with Gasteiger partial charge in [-0.05, 0) is 31.5 Å². The minimum Gasteiger partial charge on any atom is -0.296 e. The fraction of sp³-hybridized carbons (Fsp3) is 0.364. The Morgan fingerprint density at radius 3 is 2.29 bits per heavy atom. The average Bonchev–Trinajstić information content (AvgIpc) is 2.26. The Kier molecular flexibility index (Phi) is 3.88. The van der Waals surface area contributed by atoms with E-state index in [1.807, 2.05) is 0 Å². The van der Waals surface area contributed by atoms with E-state index in [-0.39, 0.29) is 4.90 Å². The fourth-order valence-corrected chi connectivity index (χ4v) is 1.67. The molecule has 0 aliphatic rings. The van der Waals surface area contributed by atoms with Gasteiger partial charge in [0.25, 0.3) is 0 Å². The highest BCUT2D eigenvalue weighted by atomic mass is 32.2. The Morgan fingerprint density at radius 1 is 1.35 bits per heavy atom. The van der Waals surface area contributed by atoms with Crippen LogP contribution in [-0.4, -0.2) is 14.0 Å². The molecule has 0 heterocycles. The van der Waals surface area contributed by atoms with Gasteiger partial charge in [-0.1, -0.05) is 12.1 Å². The Bertz CT molecular complexity index is 527. The maximum atomic E-state index is 11.0. The molecule has 5 nitrogen and oxygen atoms in total. The summed E-state index contributed by atoms with van der Waals surface area (Å²) < 4.78 is 22.1. The molecule has 0 saturated carbocycles. The summed E-state index contributed by atoms with van der Waals surface area (Å²) in [7, 11) is -3.64. The molecule has 92 valence electrons. The fourth-order valence-electron chi connectivity index (χ4n) is 1.16. The molecule has 0 radical (unpaired) electrons. The predicted octanol–water partition coefficient (Wildman–Crippen LogP) is 0.726. The molecule has 0 bridgehead atoms. The summed E-state index contributed by atoms with van der Waals surface area (Å²) in [5.41, 5.74) is 0.277. The molecule has 0 amide bonds. The van der Waals surface area contributed by atoms with Crippen LogP contribution in [0.3, 0.4) is 0 Å².